The molecule has 1 aromatic carbocycles. The Labute approximate surface area is 201 Å². The first-order valence-electron chi connectivity index (χ1n) is 11.2. The molecule has 36 heavy (non-hydrogen) atoms. The Morgan fingerprint density at radius 1 is 1.25 bits per heavy atom. The third-order valence-corrected chi connectivity index (χ3v) is 6.30. The number of nitrogens with one attached hydrogen (secondary N) is 1. The van der Waals surface area contributed by atoms with Gasteiger partial charge in [-0.15, -0.1) is 10.2 Å². The fourth-order valence-corrected chi connectivity index (χ4v) is 4.48. The molecule has 1 unspecified atom stereocenters. The van der Waals surface area contributed by atoms with Crippen molar-refractivity contribution in [1.29, 1.82) is 0 Å². The highest BCUT2D eigenvalue weighted by atomic mass is 19.3. The van der Waals surface area contributed by atoms with Crippen molar-refractivity contribution in [3.63, 3.8) is 0 Å². The molecule has 1 fully saturated rings. The number of anilines is 1. The van der Waals surface area contributed by atoms with Gasteiger partial charge in [0.2, 0.25) is 11.8 Å². The van der Waals surface area contributed by atoms with Crippen molar-refractivity contribution < 1.29 is 26.7 Å². The summed E-state index contributed by atoms with van der Waals surface area (Å²) in [5, 5.41) is 14.6. The second-order valence-electron chi connectivity index (χ2n) is 8.77. The Balaban J connectivity index is 1.57. The summed E-state index contributed by atoms with van der Waals surface area (Å²) in [6.45, 7) is -1.92. The maximum absolute atomic E-state index is 15.2. The minimum atomic E-state index is -3.02. The Kier molecular flexibility index (Phi) is 6.14. The number of alkyl halides is 4. The van der Waals surface area contributed by atoms with Gasteiger partial charge in [0.15, 0.2) is 5.82 Å². The van der Waals surface area contributed by atoms with Gasteiger partial charge in [0, 0.05) is 6.54 Å². The summed E-state index contributed by atoms with van der Waals surface area (Å²) in [5.74, 6) is -3.88. The van der Waals surface area contributed by atoms with E-state index >= 15 is 4.39 Å². The van der Waals surface area contributed by atoms with Crippen LogP contribution in [0.4, 0.5) is 27.9 Å². The molecule has 5 rings (SSSR count). The Morgan fingerprint density at radius 2 is 2.03 bits per heavy atom. The normalized spacial score (nSPS) is 18.4. The van der Waals surface area contributed by atoms with Gasteiger partial charge in [-0.3, -0.25) is 0 Å². The zero-order valence-corrected chi connectivity index (χ0v) is 19.4. The van der Waals surface area contributed by atoms with Crippen molar-refractivity contribution in [3.8, 4) is 17.0 Å². The predicted octanol–water partition coefficient (Wildman–Crippen LogP) is 3.52. The smallest absolute Gasteiger partial charge is 0.280 e. The molecule has 1 saturated heterocycles. The van der Waals surface area contributed by atoms with Gasteiger partial charge in [-0.05, 0) is 31.2 Å². The van der Waals surface area contributed by atoms with E-state index in [1.54, 1.807) is 19.2 Å². The largest absolute Gasteiger partial charge is 0.479 e. The molecular weight excluding hydrogens is 487 g/mol. The van der Waals surface area contributed by atoms with Gasteiger partial charge in [-0.2, -0.15) is 4.98 Å². The van der Waals surface area contributed by atoms with Crippen LogP contribution < -0.4 is 10.1 Å². The summed E-state index contributed by atoms with van der Waals surface area (Å²) in [6.07, 6.45) is 1.25. The molecule has 14 heteroatoms. The van der Waals surface area contributed by atoms with Crippen LogP contribution >= 0.6 is 0 Å². The van der Waals surface area contributed by atoms with Crippen molar-refractivity contribution >= 4 is 22.5 Å². The molecule has 0 bridgehead atoms. The number of aromatic nitrogens is 6. The van der Waals surface area contributed by atoms with E-state index in [1.807, 2.05) is 0 Å². The number of piperidine rings is 1. The number of likely N-dealkylation sites (tertiary alicyclic amines) is 1. The minimum absolute atomic E-state index is 0.0419. The molecule has 1 aliphatic heterocycles. The fraction of sp³-hybridized carbons (Fsp3) is 0.455. The van der Waals surface area contributed by atoms with E-state index in [2.05, 4.69) is 25.7 Å². The number of methoxy groups -OCH3 is 1. The molecule has 4 heterocycles. The first-order valence-corrected chi connectivity index (χ1v) is 11.2. The number of rotatable bonds is 7. The van der Waals surface area contributed by atoms with Gasteiger partial charge in [-0.1, -0.05) is 11.3 Å². The lowest BCUT2D eigenvalue weighted by Gasteiger charge is -2.36. The van der Waals surface area contributed by atoms with Crippen LogP contribution in [-0.4, -0.2) is 87.1 Å². The van der Waals surface area contributed by atoms with E-state index in [1.165, 1.54) is 18.1 Å². The van der Waals surface area contributed by atoms with E-state index < -0.39 is 43.7 Å². The zero-order valence-electron chi connectivity index (χ0n) is 19.4. The van der Waals surface area contributed by atoms with Gasteiger partial charge < -0.3 is 15.0 Å². The van der Waals surface area contributed by atoms with Crippen LogP contribution in [0.25, 0.3) is 27.7 Å². The molecule has 3 aromatic heterocycles. The summed E-state index contributed by atoms with van der Waals surface area (Å²) in [6, 6.07) is 2.27. The SMILES string of the molecule is COc1nc(NC2CCN(C)CC2(F)F)nn2cc(F)c(-c3ccc4nnn(C(CF)CF)c4c3)c12. The molecule has 0 aliphatic carbocycles. The zero-order chi connectivity index (χ0) is 25.6. The first kappa shape index (κ1) is 24.2. The lowest BCUT2D eigenvalue weighted by molar-refractivity contribution is -0.0675. The van der Waals surface area contributed by atoms with Crippen LogP contribution in [0, 0.1) is 5.82 Å². The third-order valence-electron chi connectivity index (χ3n) is 6.30. The number of halogens is 5. The van der Waals surface area contributed by atoms with Crippen molar-refractivity contribution in [3.05, 3.63) is 30.2 Å². The Morgan fingerprint density at radius 3 is 2.72 bits per heavy atom. The molecule has 0 saturated carbocycles. The van der Waals surface area contributed by atoms with Crippen LogP contribution in [0.5, 0.6) is 5.88 Å². The monoisotopic (exact) mass is 510 g/mol. The molecule has 9 nitrogen and oxygen atoms in total. The molecule has 1 N–H and O–H groups in total. The highest BCUT2D eigenvalue weighted by Crippen LogP contribution is 2.36. The van der Waals surface area contributed by atoms with Crippen molar-refractivity contribution in [1.82, 2.24) is 34.5 Å². The molecule has 1 atom stereocenters. The van der Waals surface area contributed by atoms with Gasteiger partial charge >= 0.3 is 0 Å². The molecule has 192 valence electrons. The molecule has 1 aliphatic rings. The summed E-state index contributed by atoms with van der Waals surface area (Å²) >= 11 is 0. The number of benzene rings is 1. The number of hydrogen-bond acceptors (Lipinski definition) is 7. The number of nitrogens with zero attached hydrogens (tertiary/aromatic N) is 7. The molecule has 0 radical (unpaired) electrons. The van der Waals surface area contributed by atoms with Crippen LogP contribution in [0.3, 0.4) is 0 Å². The van der Waals surface area contributed by atoms with E-state index in [0.29, 0.717) is 23.1 Å². The van der Waals surface area contributed by atoms with Gasteiger partial charge in [0.05, 0.1) is 37.0 Å². The highest BCUT2D eigenvalue weighted by molar-refractivity contribution is 5.89. The van der Waals surface area contributed by atoms with E-state index in [-0.39, 0.29) is 29.3 Å². The van der Waals surface area contributed by atoms with Gasteiger partial charge in [-0.25, -0.2) is 31.1 Å². The molecule has 0 spiro atoms. The van der Waals surface area contributed by atoms with E-state index in [9.17, 15) is 17.6 Å². The lowest BCUT2D eigenvalue weighted by atomic mass is 10.0. The fourth-order valence-electron chi connectivity index (χ4n) is 4.48. The standard InChI is InChI=1S/C22H23F5N8O/c1-33-6-5-17(22(26,27)11-33)28-21-29-20(36-2)19-18(14(25)10-34(19)31-21)12-3-4-15-16(7-12)35(32-30-15)13(8-23)9-24/h3-4,7,10,13,17H,5-6,8-9,11H2,1-2H3,(H,28,31). The summed E-state index contributed by atoms with van der Waals surface area (Å²) in [7, 11) is 2.94. The Bertz CT molecular complexity index is 1400. The highest BCUT2D eigenvalue weighted by Gasteiger charge is 2.44. The van der Waals surface area contributed by atoms with Gasteiger partial charge in [0.1, 0.15) is 30.4 Å². The number of hydrogen-bond donors (Lipinski definition) is 1. The first-order chi connectivity index (χ1) is 17.2. The summed E-state index contributed by atoms with van der Waals surface area (Å²) in [5.41, 5.74) is 1.25. The quantitative estimate of drug-likeness (QED) is 0.381. The van der Waals surface area contributed by atoms with Gasteiger partial charge in [0.25, 0.3) is 5.92 Å². The summed E-state index contributed by atoms with van der Waals surface area (Å²) in [4.78, 5) is 5.75. The predicted molar refractivity (Wildman–Crippen MR) is 121 cm³/mol. The maximum Gasteiger partial charge on any atom is 0.280 e. The second kappa shape index (κ2) is 9.15. The Hall–Kier alpha value is -3.55. The molecule has 0 amide bonds. The van der Waals surface area contributed by atoms with Crippen molar-refractivity contribution in [2.45, 2.75) is 24.4 Å². The molecular formula is C22H23F5N8O. The third kappa shape index (κ3) is 4.08. The van der Waals surface area contributed by atoms with Crippen LogP contribution in [0.2, 0.25) is 0 Å². The second-order valence-corrected chi connectivity index (χ2v) is 8.77. The van der Waals surface area contributed by atoms with Crippen molar-refractivity contribution in [2.24, 2.45) is 0 Å². The van der Waals surface area contributed by atoms with E-state index in [0.717, 1.165) is 15.4 Å². The maximum atomic E-state index is 15.2. The van der Waals surface area contributed by atoms with E-state index in [4.69, 9.17) is 4.74 Å². The van der Waals surface area contributed by atoms with Crippen LogP contribution in [0.1, 0.15) is 12.5 Å². The minimum Gasteiger partial charge on any atom is -0.479 e. The topological polar surface area (TPSA) is 85.4 Å². The van der Waals surface area contributed by atoms with Crippen LogP contribution in [0.15, 0.2) is 24.4 Å². The van der Waals surface area contributed by atoms with Crippen molar-refractivity contribution in [2.75, 3.05) is 45.9 Å². The average molecular weight is 510 g/mol. The number of ether oxygens (including phenoxy) is 1. The number of fused-ring (bicyclic) bond motifs is 2. The molecule has 4 aromatic rings. The lowest BCUT2D eigenvalue weighted by Crippen LogP contribution is -2.53. The average Bonchev–Trinajstić information content (AvgIpc) is 3.41. The van der Waals surface area contributed by atoms with Crippen LogP contribution in [-0.2, 0) is 0 Å². The summed E-state index contributed by atoms with van der Waals surface area (Å²) < 4.78 is 78.5.